The maximum absolute atomic E-state index is 12.9. The molecule has 0 saturated carbocycles. The van der Waals surface area contributed by atoms with Crippen LogP contribution in [-0.2, 0) is 9.53 Å². The number of furan rings is 1. The van der Waals surface area contributed by atoms with Crippen LogP contribution in [0.1, 0.15) is 30.0 Å². The predicted octanol–water partition coefficient (Wildman–Crippen LogP) is 2.22. The number of carbonyl (C=O) groups excluding carboxylic acids is 1. The number of nitrogens with zero attached hydrogens (tertiary/aromatic N) is 4. The second-order valence-electron chi connectivity index (χ2n) is 7.28. The molecule has 1 unspecified atom stereocenters. The summed E-state index contributed by atoms with van der Waals surface area (Å²) in [7, 11) is 0. The van der Waals surface area contributed by atoms with Gasteiger partial charge in [0.2, 0.25) is 11.6 Å². The first-order valence-electron chi connectivity index (χ1n) is 9.40. The highest BCUT2D eigenvalue weighted by Gasteiger charge is 2.32. The van der Waals surface area contributed by atoms with Crippen LogP contribution in [-0.4, -0.2) is 60.2 Å². The van der Waals surface area contributed by atoms with Crippen LogP contribution < -0.4 is 4.90 Å². The number of anilines is 1. The quantitative estimate of drug-likeness (QED) is 0.820. The van der Waals surface area contributed by atoms with Crippen molar-refractivity contribution in [3.05, 3.63) is 17.1 Å². The summed E-state index contributed by atoms with van der Waals surface area (Å²) in [5, 5.41) is 0.979. The molecule has 1 amide bonds. The average Bonchev–Trinajstić information content (AvgIpc) is 2.95. The van der Waals surface area contributed by atoms with Crippen molar-refractivity contribution in [1.29, 1.82) is 0 Å². The molecule has 2 aromatic heterocycles. The van der Waals surface area contributed by atoms with E-state index in [0.29, 0.717) is 44.4 Å². The number of hydrogen-bond acceptors (Lipinski definition) is 6. The SMILES string of the molecule is Cc1nc(N2CCCC(C(=O)N3CCOCC3)C2)c2c(C)c(C)oc2n1. The summed E-state index contributed by atoms with van der Waals surface area (Å²) in [4.78, 5) is 26.3. The van der Waals surface area contributed by atoms with Crippen LogP contribution in [0.3, 0.4) is 0 Å². The number of fused-ring (bicyclic) bond motifs is 1. The van der Waals surface area contributed by atoms with E-state index in [1.807, 2.05) is 25.7 Å². The van der Waals surface area contributed by atoms with Crippen molar-refractivity contribution in [3.63, 3.8) is 0 Å². The highest BCUT2D eigenvalue weighted by molar-refractivity contribution is 5.90. The smallest absolute Gasteiger partial charge is 0.231 e. The van der Waals surface area contributed by atoms with Crippen LogP contribution in [0.15, 0.2) is 4.42 Å². The molecule has 1 atom stereocenters. The molecule has 0 bridgehead atoms. The number of aromatic nitrogens is 2. The molecule has 0 spiro atoms. The van der Waals surface area contributed by atoms with Crippen LogP contribution in [0.2, 0.25) is 0 Å². The van der Waals surface area contributed by atoms with Crippen molar-refractivity contribution < 1.29 is 13.9 Å². The van der Waals surface area contributed by atoms with Gasteiger partial charge in [-0.1, -0.05) is 0 Å². The van der Waals surface area contributed by atoms with Gasteiger partial charge >= 0.3 is 0 Å². The van der Waals surface area contributed by atoms with Crippen molar-refractivity contribution in [1.82, 2.24) is 14.9 Å². The van der Waals surface area contributed by atoms with Gasteiger partial charge in [-0.25, -0.2) is 4.98 Å². The molecule has 2 aliphatic heterocycles. The monoisotopic (exact) mass is 358 g/mol. The molecule has 0 aliphatic carbocycles. The maximum Gasteiger partial charge on any atom is 0.231 e. The molecule has 4 rings (SSSR count). The normalized spacial score (nSPS) is 21.4. The molecule has 140 valence electrons. The van der Waals surface area contributed by atoms with E-state index in [-0.39, 0.29) is 11.8 Å². The molecular weight excluding hydrogens is 332 g/mol. The van der Waals surface area contributed by atoms with Gasteiger partial charge in [-0.3, -0.25) is 4.79 Å². The number of rotatable bonds is 2. The van der Waals surface area contributed by atoms with Crippen LogP contribution in [0.4, 0.5) is 5.82 Å². The fourth-order valence-corrected chi connectivity index (χ4v) is 3.97. The molecule has 0 aromatic carbocycles. The Labute approximate surface area is 153 Å². The van der Waals surface area contributed by atoms with E-state index >= 15 is 0 Å². The van der Waals surface area contributed by atoms with E-state index < -0.39 is 0 Å². The van der Waals surface area contributed by atoms with Crippen molar-refractivity contribution in [2.45, 2.75) is 33.6 Å². The van der Waals surface area contributed by atoms with E-state index in [0.717, 1.165) is 41.9 Å². The molecule has 2 saturated heterocycles. The molecule has 7 nitrogen and oxygen atoms in total. The Morgan fingerprint density at radius 1 is 1.12 bits per heavy atom. The Kier molecular flexibility index (Phi) is 4.56. The predicted molar refractivity (Wildman–Crippen MR) is 98.4 cm³/mol. The minimum absolute atomic E-state index is 0.0143. The fourth-order valence-electron chi connectivity index (χ4n) is 3.97. The minimum Gasteiger partial charge on any atom is -0.443 e. The Morgan fingerprint density at radius 2 is 1.88 bits per heavy atom. The van der Waals surface area contributed by atoms with E-state index in [4.69, 9.17) is 14.1 Å². The first-order valence-corrected chi connectivity index (χ1v) is 9.40. The first kappa shape index (κ1) is 17.3. The Balaban J connectivity index is 1.62. The summed E-state index contributed by atoms with van der Waals surface area (Å²) >= 11 is 0. The van der Waals surface area contributed by atoms with Gasteiger partial charge in [0.1, 0.15) is 17.4 Å². The zero-order valence-corrected chi connectivity index (χ0v) is 15.7. The molecule has 2 fully saturated rings. The van der Waals surface area contributed by atoms with Crippen molar-refractivity contribution >= 4 is 22.8 Å². The molecule has 0 radical (unpaired) electrons. The third-order valence-electron chi connectivity index (χ3n) is 5.51. The second-order valence-corrected chi connectivity index (χ2v) is 7.28. The van der Waals surface area contributed by atoms with E-state index in [1.165, 1.54) is 0 Å². The lowest BCUT2D eigenvalue weighted by Gasteiger charge is -2.37. The highest BCUT2D eigenvalue weighted by atomic mass is 16.5. The lowest BCUT2D eigenvalue weighted by molar-refractivity contribution is -0.139. The Bertz CT molecular complexity index is 826. The minimum atomic E-state index is 0.0143. The maximum atomic E-state index is 12.9. The van der Waals surface area contributed by atoms with E-state index in [9.17, 15) is 4.79 Å². The van der Waals surface area contributed by atoms with Gasteiger partial charge in [-0.05, 0) is 33.6 Å². The van der Waals surface area contributed by atoms with E-state index in [2.05, 4.69) is 9.88 Å². The highest BCUT2D eigenvalue weighted by Crippen LogP contribution is 2.33. The Morgan fingerprint density at radius 3 is 2.65 bits per heavy atom. The average molecular weight is 358 g/mol. The standard InChI is InChI=1S/C19H26N4O3/c1-12-13(2)26-18-16(12)17(20-14(3)21-18)23-6-4-5-15(11-23)19(24)22-7-9-25-10-8-22/h15H,4-11H2,1-3H3. The molecular formula is C19H26N4O3. The van der Waals surface area contributed by atoms with Gasteiger partial charge in [-0.15, -0.1) is 0 Å². The molecule has 26 heavy (non-hydrogen) atoms. The largest absolute Gasteiger partial charge is 0.443 e. The molecule has 7 heteroatoms. The van der Waals surface area contributed by atoms with Crippen LogP contribution in [0.5, 0.6) is 0 Å². The fraction of sp³-hybridized carbons (Fsp3) is 0.632. The van der Waals surface area contributed by atoms with Gasteiger partial charge in [0, 0.05) is 31.7 Å². The summed E-state index contributed by atoms with van der Waals surface area (Å²) in [6.45, 7) is 10.2. The van der Waals surface area contributed by atoms with Crippen LogP contribution >= 0.6 is 0 Å². The molecule has 2 aliphatic rings. The Hall–Kier alpha value is -2.15. The molecule has 2 aromatic rings. The zero-order valence-electron chi connectivity index (χ0n) is 15.7. The van der Waals surface area contributed by atoms with Gasteiger partial charge in [0.05, 0.1) is 24.5 Å². The van der Waals surface area contributed by atoms with Crippen molar-refractivity contribution in [2.75, 3.05) is 44.3 Å². The van der Waals surface area contributed by atoms with Crippen LogP contribution in [0.25, 0.3) is 11.1 Å². The second kappa shape index (κ2) is 6.87. The van der Waals surface area contributed by atoms with Crippen LogP contribution in [0, 0.1) is 26.7 Å². The van der Waals surface area contributed by atoms with Gasteiger partial charge in [0.25, 0.3) is 0 Å². The third kappa shape index (κ3) is 3.05. The number of morpholine rings is 1. The topological polar surface area (TPSA) is 71.7 Å². The summed E-state index contributed by atoms with van der Waals surface area (Å²) in [6, 6.07) is 0. The molecule has 4 heterocycles. The van der Waals surface area contributed by atoms with Gasteiger partial charge < -0.3 is 19.0 Å². The summed E-state index contributed by atoms with van der Waals surface area (Å²) < 4.78 is 11.2. The molecule has 0 N–H and O–H groups in total. The number of piperidine rings is 1. The number of carbonyl (C=O) groups is 1. The number of hydrogen-bond donors (Lipinski definition) is 0. The van der Waals surface area contributed by atoms with Crippen molar-refractivity contribution in [3.8, 4) is 0 Å². The number of ether oxygens (including phenoxy) is 1. The van der Waals surface area contributed by atoms with Crippen molar-refractivity contribution in [2.24, 2.45) is 5.92 Å². The lowest BCUT2D eigenvalue weighted by atomic mass is 9.96. The zero-order chi connectivity index (χ0) is 18.3. The summed E-state index contributed by atoms with van der Waals surface area (Å²) in [5.74, 6) is 2.74. The van der Waals surface area contributed by atoms with E-state index in [1.54, 1.807) is 0 Å². The number of amides is 1. The van der Waals surface area contributed by atoms with Gasteiger partial charge in [-0.2, -0.15) is 4.98 Å². The third-order valence-corrected chi connectivity index (χ3v) is 5.51. The number of aryl methyl sites for hydroxylation is 3. The van der Waals surface area contributed by atoms with Gasteiger partial charge in [0.15, 0.2) is 0 Å². The lowest BCUT2D eigenvalue weighted by Crippen LogP contribution is -2.48. The summed E-state index contributed by atoms with van der Waals surface area (Å²) in [5.41, 5.74) is 1.72. The first-order chi connectivity index (χ1) is 12.5. The summed E-state index contributed by atoms with van der Waals surface area (Å²) in [6.07, 6.45) is 1.92.